The molecule has 4 heteroatoms. The van der Waals surface area contributed by atoms with E-state index in [0.29, 0.717) is 37.7 Å². The molecular weight excluding hydrogens is 290 g/mol. The minimum Gasteiger partial charge on any atom is -0.489 e. The normalized spacial score (nSPS) is 10.3. The van der Waals surface area contributed by atoms with Gasteiger partial charge in [0.05, 0.1) is 18.7 Å². The van der Waals surface area contributed by atoms with Gasteiger partial charge in [0, 0.05) is 6.61 Å². The molecule has 0 saturated heterocycles. The second-order valence-electron chi connectivity index (χ2n) is 5.19. The molecule has 0 aliphatic rings. The van der Waals surface area contributed by atoms with Gasteiger partial charge in [0.25, 0.3) is 0 Å². The summed E-state index contributed by atoms with van der Waals surface area (Å²) in [5, 5.41) is 2.92. The first-order chi connectivity index (χ1) is 11.2. The molecule has 0 aliphatic heterocycles. The molecule has 1 amide bonds. The third-order valence-electron chi connectivity index (χ3n) is 3.46. The molecule has 1 N–H and O–H groups in total. The first kappa shape index (κ1) is 17.0. The Morgan fingerprint density at radius 3 is 2.57 bits per heavy atom. The molecule has 0 spiro atoms. The van der Waals surface area contributed by atoms with Crippen LogP contribution in [0.15, 0.2) is 48.5 Å². The number of amides is 1. The minimum absolute atomic E-state index is 0.0554. The van der Waals surface area contributed by atoms with Crippen LogP contribution in [0.4, 0.5) is 5.69 Å². The summed E-state index contributed by atoms with van der Waals surface area (Å²) in [5.41, 5.74) is 2.83. The van der Waals surface area contributed by atoms with Crippen molar-refractivity contribution in [1.29, 1.82) is 0 Å². The molecule has 0 atom stereocenters. The van der Waals surface area contributed by atoms with Crippen molar-refractivity contribution in [3.8, 4) is 5.75 Å². The molecule has 0 saturated carbocycles. The summed E-state index contributed by atoms with van der Waals surface area (Å²) in [6.07, 6.45) is 0.347. The van der Waals surface area contributed by atoms with Crippen LogP contribution in [-0.2, 0) is 16.0 Å². The number of nitrogens with one attached hydrogen (secondary N) is 1. The maximum Gasteiger partial charge on any atom is 0.228 e. The van der Waals surface area contributed by atoms with Crippen molar-refractivity contribution in [1.82, 2.24) is 0 Å². The lowest BCUT2D eigenvalue weighted by atomic mass is 10.1. The van der Waals surface area contributed by atoms with Crippen LogP contribution in [0.2, 0.25) is 0 Å². The zero-order valence-corrected chi connectivity index (χ0v) is 13.7. The lowest BCUT2D eigenvalue weighted by Crippen LogP contribution is -2.16. The van der Waals surface area contributed by atoms with Gasteiger partial charge in [0.2, 0.25) is 5.91 Å². The molecule has 122 valence electrons. The fourth-order valence-corrected chi connectivity index (χ4v) is 2.23. The van der Waals surface area contributed by atoms with Gasteiger partial charge in [-0.2, -0.15) is 0 Å². The van der Waals surface area contributed by atoms with E-state index in [9.17, 15) is 4.79 Å². The molecule has 0 heterocycles. The number of rotatable bonds is 8. The molecule has 0 fully saturated rings. The number of ether oxygens (including phenoxy) is 2. The summed E-state index contributed by atoms with van der Waals surface area (Å²) in [4.78, 5) is 12.3. The topological polar surface area (TPSA) is 47.6 Å². The third kappa shape index (κ3) is 5.42. The zero-order valence-electron chi connectivity index (χ0n) is 13.7. The quantitative estimate of drug-likeness (QED) is 0.758. The van der Waals surface area contributed by atoms with Gasteiger partial charge in [-0.3, -0.25) is 4.79 Å². The molecule has 0 aromatic heterocycles. The Morgan fingerprint density at radius 1 is 1.04 bits per heavy atom. The van der Waals surface area contributed by atoms with Crippen molar-refractivity contribution in [3.63, 3.8) is 0 Å². The number of aryl methyl sites for hydroxylation is 1. The highest BCUT2D eigenvalue weighted by Crippen LogP contribution is 2.24. The zero-order chi connectivity index (χ0) is 16.5. The molecule has 2 aromatic carbocycles. The summed E-state index contributed by atoms with van der Waals surface area (Å²) >= 11 is 0. The van der Waals surface area contributed by atoms with E-state index in [1.165, 1.54) is 0 Å². The Bertz CT molecular complexity index is 640. The van der Waals surface area contributed by atoms with Crippen LogP contribution >= 0.6 is 0 Å². The van der Waals surface area contributed by atoms with E-state index < -0.39 is 0 Å². The highest BCUT2D eigenvalue weighted by atomic mass is 16.5. The lowest BCUT2D eigenvalue weighted by Gasteiger charge is -2.13. The van der Waals surface area contributed by atoms with Gasteiger partial charge in [-0.1, -0.05) is 36.4 Å². The summed E-state index contributed by atoms with van der Waals surface area (Å²) in [6, 6.07) is 15.3. The van der Waals surface area contributed by atoms with Crippen LogP contribution in [0, 0.1) is 6.92 Å². The van der Waals surface area contributed by atoms with Crippen molar-refractivity contribution in [3.05, 3.63) is 59.7 Å². The van der Waals surface area contributed by atoms with Crippen molar-refractivity contribution in [2.45, 2.75) is 20.3 Å². The van der Waals surface area contributed by atoms with E-state index in [4.69, 9.17) is 9.47 Å². The SMILES string of the molecule is CCOCCOc1ccccc1NC(=O)Cc1ccccc1C. The first-order valence-electron chi connectivity index (χ1n) is 7.84. The molecule has 0 bridgehead atoms. The molecule has 2 aromatic rings. The van der Waals surface area contributed by atoms with Gasteiger partial charge >= 0.3 is 0 Å². The van der Waals surface area contributed by atoms with Crippen LogP contribution in [0.25, 0.3) is 0 Å². The number of anilines is 1. The monoisotopic (exact) mass is 313 g/mol. The summed E-state index contributed by atoms with van der Waals surface area (Å²) in [7, 11) is 0. The Morgan fingerprint density at radius 2 is 1.78 bits per heavy atom. The molecule has 0 aliphatic carbocycles. The third-order valence-corrected chi connectivity index (χ3v) is 3.46. The molecule has 4 nitrogen and oxygen atoms in total. The molecular formula is C19H23NO3. The van der Waals surface area contributed by atoms with Crippen molar-refractivity contribution < 1.29 is 14.3 Å². The van der Waals surface area contributed by atoms with Gasteiger partial charge in [-0.15, -0.1) is 0 Å². The number of carbonyl (C=O) groups is 1. The van der Waals surface area contributed by atoms with Crippen molar-refractivity contribution in [2.24, 2.45) is 0 Å². The van der Waals surface area contributed by atoms with E-state index in [2.05, 4.69) is 5.32 Å². The van der Waals surface area contributed by atoms with Gasteiger partial charge in [0.1, 0.15) is 12.4 Å². The molecule has 0 unspecified atom stereocenters. The predicted octanol–water partition coefficient (Wildman–Crippen LogP) is 3.59. The molecule has 23 heavy (non-hydrogen) atoms. The van der Waals surface area contributed by atoms with Crippen molar-refractivity contribution in [2.75, 3.05) is 25.1 Å². The van der Waals surface area contributed by atoms with Crippen LogP contribution < -0.4 is 10.1 Å². The van der Waals surface area contributed by atoms with Crippen LogP contribution in [0.1, 0.15) is 18.1 Å². The fourth-order valence-electron chi connectivity index (χ4n) is 2.23. The van der Waals surface area contributed by atoms with Gasteiger partial charge in [-0.05, 0) is 37.1 Å². The summed E-state index contributed by atoms with van der Waals surface area (Å²) in [5.74, 6) is 0.602. The molecule has 2 rings (SSSR count). The first-order valence-corrected chi connectivity index (χ1v) is 7.84. The number of para-hydroxylation sites is 2. The Hall–Kier alpha value is -2.33. The summed E-state index contributed by atoms with van der Waals surface area (Å²) < 4.78 is 10.9. The van der Waals surface area contributed by atoms with Gasteiger partial charge < -0.3 is 14.8 Å². The number of carbonyl (C=O) groups excluding carboxylic acids is 1. The van der Waals surface area contributed by atoms with Crippen LogP contribution in [0.5, 0.6) is 5.75 Å². The Balaban J connectivity index is 1.96. The average molecular weight is 313 g/mol. The van der Waals surface area contributed by atoms with E-state index in [-0.39, 0.29) is 5.91 Å². The maximum atomic E-state index is 12.3. The average Bonchev–Trinajstić information content (AvgIpc) is 2.55. The standard InChI is InChI=1S/C19H23NO3/c1-3-22-12-13-23-18-11-7-6-10-17(18)20-19(21)14-16-9-5-4-8-15(16)2/h4-11H,3,12-14H2,1-2H3,(H,20,21). The van der Waals surface area contributed by atoms with E-state index >= 15 is 0 Å². The largest absolute Gasteiger partial charge is 0.489 e. The fraction of sp³-hybridized carbons (Fsp3) is 0.316. The van der Waals surface area contributed by atoms with Gasteiger partial charge in [0.15, 0.2) is 0 Å². The predicted molar refractivity (Wildman–Crippen MR) is 91.9 cm³/mol. The van der Waals surface area contributed by atoms with Crippen LogP contribution in [-0.4, -0.2) is 25.7 Å². The summed E-state index contributed by atoms with van der Waals surface area (Å²) in [6.45, 7) is 5.60. The van der Waals surface area contributed by atoms with Crippen molar-refractivity contribution >= 4 is 11.6 Å². The number of benzene rings is 2. The number of hydrogen-bond acceptors (Lipinski definition) is 3. The number of hydrogen-bond donors (Lipinski definition) is 1. The highest BCUT2D eigenvalue weighted by Gasteiger charge is 2.09. The van der Waals surface area contributed by atoms with Crippen LogP contribution in [0.3, 0.4) is 0 Å². The van der Waals surface area contributed by atoms with E-state index in [1.54, 1.807) is 0 Å². The second-order valence-corrected chi connectivity index (χ2v) is 5.19. The van der Waals surface area contributed by atoms with E-state index in [0.717, 1.165) is 11.1 Å². The highest BCUT2D eigenvalue weighted by molar-refractivity contribution is 5.93. The Labute approximate surface area is 137 Å². The Kier molecular flexibility index (Phi) is 6.63. The molecule has 0 radical (unpaired) electrons. The van der Waals surface area contributed by atoms with E-state index in [1.807, 2.05) is 62.4 Å². The smallest absolute Gasteiger partial charge is 0.228 e. The minimum atomic E-state index is -0.0554. The lowest BCUT2D eigenvalue weighted by molar-refractivity contribution is -0.115. The maximum absolute atomic E-state index is 12.3. The van der Waals surface area contributed by atoms with Gasteiger partial charge in [-0.25, -0.2) is 0 Å². The second kappa shape index (κ2) is 8.96.